The minimum absolute atomic E-state index is 0.247. The van der Waals surface area contributed by atoms with Gasteiger partial charge in [-0.15, -0.1) is 0 Å². The molecule has 0 bridgehead atoms. The van der Waals surface area contributed by atoms with Crippen LogP contribution < -0.4 is 9.80 Å². The highest BCUT2D eigenvalue weighted by Crippen LogP contribution is 2.52. The van der Waals surface area contributed by atoms with E-state index in [-0.39, 0.29) is 5.41 Å². The van der Waals surface area contributed by atoms with Crippen LogP contribution in [0.5, 0.6) is 0 Å². The minimum atomic E-state index is -0.247. The van der Waals surface area contributed by atoms with Crippen molar-refractivity contribution in [1.82, 2.24) is 0 Å². The fourth-order valence-corrected chi connectivity index (χ4v) is 14.9. The fraction of sp³-hybridized carbons (Fsp3) is 0.0316. The van der Waals surface area contributed by atoms with Gasteiger partial charge >= 0.3 is 0 Å². The molecule has 0 unspecified atom stereocenters. The Morgan fingerprint density at radius 2 is 0.454 bits per heavy atom. The van der Waals surface area contributed by atoms with Gasteiger partial charge in [0, 0.05) is 39.5 Å². The van der Waals surface area contributed by atoms with Crippen molar-refractivity contribution in [1.29, 1.82) is 0 Å². The van der Waals surface area contributed by atoms with Gasteiger partial charge < -0.3 is 9.80 Å². The SMILES string of the molecule is CC1(C)c2cc(-c3ccc(N(c4cccc(-c5ccccc5)c4)c4cccc(-c5cccc6ccccc56)c4)cc3)ccc2-c2ccc(-c3ccc(-c4cccc(N(c5ccc(-c6cccc(-c7ccccc7)c6)cc5)c5cccc(-c6ccccc6)c5)c4)c4ccccc34)cc21. The minimum Gasteiger partial charge on any atom is -0.310 e. The van der Waals surface area contributed by atoms with Crippen LogP contribution in [0.25, 0.3) is 122 Å². The molecule has 0 saturated carbocycles. The van der Waals surface area contributed by atoms with Gasteiger partial charge in [0.2, 0.25) is 0 Å². The molecule has 2 nitrogen and oxygen atoms in total. The van der Waals surface area contributed by atoms with E-state index in [4.69, 9.17) is 0 Å². The number of hydrogen-bond donors (Lipinski definition) is 0. The van der Waals surface area contributed by atoms with Gasteiger partial charge in [0.15, 0.2) is 0 Å². The highest BCUT2D eigenvalue weighted by atomic mass is 15.1. The largest absolute Gasteiger partial charge is 0.310 e. The van der Waals surface area contributed by atoms with Crippen molar-refractivity contribution >= 4 is 55.7 Å². The summed E-state index contributed by atoms with van der Waals surface area (Å²) in [7, 11) is 0. The molecule has 458 valence electrons. The summed E-state index contributed by atoms with van der Waals surface area (Å²) in [6, 6.07) is 138. The van der Waals surface area contributed by atoms with E-state index in [9.17, 15) is 0 Å². The monoisotopic (exact) mass is 1240 g/mol. The van der Waals surface area contributed by atoms with E-state index in [2.05, 4.69) is 400 Å². The lowest BCUT2D eigenvalue weighted by Crippen LogP contribution is -2.15. The van der Waals surface area contributed by atoms with Gasteiger partial charge in [-0.2, -0.15) is 0 Å². The molecule has 0 heterocycles. The van der Waals surface area contributed by atoms with E-state index in [0.29, 0.717) is 0 Å². The number of benzene rings is 16. The summed E-state index contributed by atoms with van der Waals surface area (Å²) in [4.78, 5) is 4.80. The molecule has 2 heteroatoms. The molecule has 0 spiro atoms. The summed E-state index contributed by atoms with van der Waals surface area (Å²) in [5.41, 5.74) is 30.6. The van der Waals surface area contributed by atoms with Gasteiger partial charge in [-0.05, 0) is 224 Å². The molecular weight excluding hydrogens is 1170 g/mol. The highest BCUT2D eigenvalue weighted by molar-refractivity contribution is 6.06. The first-order valence-corrected chi connectivity index (χ1v) is 33.6. The van der Waals surface area contributed by atoms with Crippen LogP contribution in [0.15, 0.2) is 376 Å². The lowest BCUT2D eigenvalue weighted by Gasteiger charge is -2.27. The third-order valence-electron chi connectivity index (χ3n) is 19.8. The molecule has 0 saturated heterocycles. The number of anilines is 6. The predicted octanol–water partition coefficient (Wildman–Crippen LogP) is 26.6. The van der Waals surface area contributed by atoms with E-state index in [1.54, 1.807) is 0 Å². The average Bonchev–Trinajstić information content (AvgIpc) is 1.54. The van der Waals surface area contributed by atoms with Crippen LogP contribution in [0.2, 0.25) is 0 Å². The molecule has 16 aromatic carbocycles. The molecule has 0 N–H and O–H groups in total. The number of fused-ring (bicyclic) bond motifs is 5. The summed E-state index contributed by atoms with van der Waals surface area (Å²) in [6.07, 6.45) is 0. The smallest absolute Gasteiger partial charge is 0.0467 e. The van der Waals surface area contributed by atoms with E-state index >= 15 is 0 Å². The summed E-state index contributed by atoms with van der Waals surface area (Å²) in [5.74, 6) is 0. The van der Waals surface area contributed by atoms with Crippen LogP contribution in [0.3, 0.4) is 0 Å². The number of hydrogen-bond acceptors (Lipinski definition) is 2. The Morgan fingerprint density at radius 3 is 0.918 bits per heavy atom. The van der Waals surface area contributed by atoms with Crippen molar-refractivity contribution in [2.75, 3.05) is 9.80 Å². The van der Waals surface area contributed by atoms with Crippen molar-refractivity contribution in [3.63, 3.8) is 0 Å². The number of nitrogens with zero attached hydrogens (tertiary/aromatic N) is 2. The summed E-state index contributed by atoms with van der Waals surface area (Å²) in [6.45, 7) is 4.80. The van der Waals surface area contributed by atoms with Crippen molar-refractivity contribution in [2.45, 2.75) is 19.3 Å². The standard InChI is InChI=1S/C95H68N2/c1-95(2)93-63-75(69-46-52-80(53-47-69)96(81-36-17-32-73(59-81)66-24-8-4-9-25-66)83-38-19-34-76(61-83)86-43-21-29-70-28-12-13-40-85(70)86)48-54-91(93)92-55-49-78(64-94(92)95)88-57-56-87(89-41-14-15-42-90(88)89)77-35-20-39-84(62-77)97(82-37-18-33-74(60-82)67-26-10-5-11-27-67)79-50-44-68(45-51-79)72-31-16-30-71(58-72)65-22-6-3-7-23-65/h3-64H,1-2H3. The third kappa shape index (κ3) is 11.0. The van der Waals surface area contributed by atoms with Crippen LogP contribution >= 0.6 is 0 Å². The van der Waals surface area contributed by atoms with Crippen LogP contribution in [0.4, 0.5) is 34.1 Å². The molecular formula is C95H68N2. The Balaban J connectivity index is 0.681. The van der Waals surface area contributed by atoms with Gasteiger partial charge in [-0.25, -0.2) is 0 Å². The summed E-state index contributed by atoms with van der Waals surface area (Å²) >= 11 is 0. The fourth-order valence-electron chi connectivity index (χ4n) is 14.9. The molecule has 17 rings (SSSR count). The van der Waals surface area contributed by atoms with Crippen LogP contribution in [-0.2, 0) is 5.41 Å². The second-order valence-corrected chi connectivity index (χ2v) is 26.0. The zero-order valence-corrected chi connectivity index (χ0v) is 54.2. The Bertz CT molecular complexity index is 5590. The maximum atomic E-state index is 2.47. The van der Waals surface area contributed by atoms with Gasteiger partial charge in [0.05, 0.1) is 0 Å². The summed E-state index contributed by atoms with van der Waals surface area (Å²) < 4.78 is 0. The second-order valence-electron chi connectivity index (χ2n) is 26.0. The zero-order valence-electron chi connectivity index (χ0n) is 54.2. The quantitative estimate of drug-likeness (QED) is 0.107. The van der Waals surface area contributed by atoms with E-state index in [0.717, 1.165) is 39.7 Å². The Morgan fingerprint density at radius 1 is 0.175 bits per heavy atom. The lowest BCUT2D eigenvalue weighted by molar-refractivity contribution is 0.661. The molecule has 1 aliphatic carbocycles. The van der Waals surface area contributed by atoms with E-state index in [1.807, 2.05) is 0 Å². The lowest BCUT2D eigenvalue weighted by atomic mass is 9.80. The molecule has 1 aliphatic rings. The molecule has 0 atom stereocenters. The normalized spacial score (nSPS) is 12.1. The van der Waals surface area contributed by atoms with Crippen LogP contribution in [0.1, 0.15) is 25.0 Å². The average molecular weight is 1240 g/mol. The van der Waals surface area contributed by atoms with Gasteiger partial charge in [0.1, 0.15) is 0 Å². The summed E-state index contributed by atoms with van der Waals surface area (Å²) in [5, 5.41) is 4.92. The van der Waals surface area contributed by atoms with E-state index < -0.39 is 0 Å². The van der Waals surface area contributed by atoms with Crippen molar-refractivity contribution in [3.8, 4) is 100 Å². The van der Waals surface area contributed by atoms with Gasteiger partial charge in [-0.1, -0.05) is 299 Å². The Hall–Kier alpha value is -12.4. The molecule has 0 amide bonds. The first kappa shape index (κ1) is 58.5. The molecule has 0 aromatic heterocycles. The molecule has 0 fully saturated rings. The molecule has 0 radical (unpaired) electrons. The predicted molar refractivity (Wildman–Crippen MR) is 412 cm³/mol. The van der Waals surface area contributed by atoms with Gasteiger partial charge in [0.25, 0.3) is 0 Å². The topological polar surface area (TPSA) is 6.48 Å². The maximum absolute atomic E-state index is 2.47. The Kier molecular flexibility index (Phi) is 15.0. The van der Waals surface area contributed by atoms with Crippen molar-refractivity contribution in [2.24, 2.45) is 0 Å². The Labute approximate surface area is 568 Å². The maximum Gasteiger partial charge on any atom is 0.0467 e. The molecule has 0 aliphatic heterocycles. The third-order valence-corrected chi connectivity index (χ3v) is 19.8. The second kappa shape index (κ2) is 24.8. The number of rotatable bonds is 14. The first-order chi connectivity index (χ1) is 47.8. The molecule has 16 aromatic rings. The van der Waals surface area contributed by atoms with Crippen LogP contribution in [0, 0.1) is 0 Å². The highest BCUT2D eigenvalue weighted by Gasteiger charge is 2.36. The zero-order chi connectivity index (χ0) is 64.8. The van der Waals surface area contributed by atoms with Crippen LogP contribution in [-0.4, -0.2) is 0 Å². The van der Waals surface area contributed by atoms with Crippen molar-refractivity contribution in [3.05, 3.63) is 387 Å². The molecule has 97 heavy (non-hydrogen) atoms. The van der Waals surface area contributed by atoms with Gasteiger partial charge in [-0.3, -0.25) is 0 Å². The van der Waals surface area contributed by atoms with Crippen molar-refractivity contribution < 1.29 is 0 Å². The first-order valence-electron chi connectivity index (χ1n) is 33.6. The van der Waals surface area contributed by atoms with E-state index in [1.165, 1.54) is 127 Å².